The van der Waals surface area contributed by atoms with Crippen LogP contribution >= 0.6 is 8.11 Å². The van der Waals surface area contributed by atoms with Crippen LogP contribution in [0.3, 0.4) is 0 Å². The zero-order valence-electron chi connectivity index (χ0n) is 5.54. The first-order valence-electron chi connectivity index (χ1n) is 2.90. The van der Waals surface area contributed by atoms with Gasteiger partial charge in [0, 0.05) is 0 Å². The molecule has 1 aromatic carbocycles. The Bertz CT molecular complexity index is 260. The summed E-state index contributed by atoms with van der Waals surface area (Å²) in [6.45, 7) is 1.84. The van der Waals surface area contributed by atoms with Gasteiger partial charge in [-0.25, -0.2) is 0 Å². The molecule has 0 heterocycles. The average molecular weight is 157 g/mol. The van der Waals surface area contributed by atoms with Crippen LogP contribution in [0.15, 0.2) is 24.3 Å². The van der Waals surface area contributed by atoms with Crippen molar-refractivity contribution in [1.82, 2.24) is 0 Å². The van der Waals surface area contributed by atoms with Crippen LogP contribution in [0, 0.1) is 6.92 Å². The Kier molecular flexibility index (Phi) is 2.13. The SMILES string of the molecule is Cc1cccc([P+](=O)F)c1. The molecule has 1 nitrogen and oxygen atoms in total. The maximum atomic E-state index is 12.1. The predicted octanol–water partition coefficient (Wildman–Crippen LogP) is 2.33. The average Bonchev–Trinajstić information content (AvgIpc) is 1.88. The topological polar surface area (TPSA) is 17.1 Å². The lowest BCUT2D eigenvalue weighted by molar-refractivity contribution is 0.567. The summed E-state index contributed by atoms with van der Waals surface area (Å²) in [4.78, 5) is 0. The first kappa shape index (κ1) is 7.36. The normalized spacial score (nSPS) is 11.2. The third-order valence-corrected chi connectivity index (χ3v) is 1.89. The van der Waals surface area contributed by atoms with Crippen LogP contribution in [-0.2, 0) is 4.57 Å². The van der Waals surface area contributed by atoms with E-state index in [9.17, 15) is 8.76 Å². The molecule has 52 valence electrons. The molecular weight excluding hydrogens is 150 g/mol. The van der Waals surface area contributed by atoms with Crippen LogP contribution in [0.2, 0.25) is 0 Å². The van der Waals surface area contributed by atoms with Crippen molar-refractivity contribution in [1.29, 1.82) is 0 Å². The van der Waals surface area contributed by atoms with Crippen molar-refractivity contribution in [3.05, 3.63) is 29.8 Å². The molecule has 0 saturated carbocycles. The highest BCUT2D eigenvalue weighted by atomic mass is 31.1. The molecule has 10 heavy (non-hydrogen) atoms. The molecular formula is C7H7FOP+. The first-order valence-corrected chi connectivity index (χ1v) is 4.05. The summed E-state index contributed by atoms with van der Waals surface area (Å²) in [6, 6.07) is 6.63. The summed E-state index contributed by atoms with van der Waals surface area (Å²) < 4.78 is 22.4. The fourth-order valence-electron chi connectivity index (χ4n) is 0.737. The van der Waals surface area contributed by atoms with E-state index in [2.05, 4.69) is 0 Å². The lowest BCUT2D eigenvalue weighted by Gasteiger charge is -1.85. The molecule has 3 heteroatoms. The molecule has 1 rings (SSSR count). The van der Waals surface area contributed by atoms with E-state index in [1.807, 2.05) is 13.0 Å². The molecule has 0 aliphatic heterocycles. The molecule has 0 spiro atoms. The summed E-state index contributed by atoms with van der Waals surface area (Å²) in [5.74, 6) is 0. The predicted molar refractivity (Wildman–Crippen MR) is 39.5 cm³/mol. The van der Waals surface area contributed by atoms with Crippen molar-refractivity contribution >= 4 is 13.4 Å². The van der Waals surface area contributed by atoms with Gasteiger partial charge in [-0.05, 0) is 29.2 Å². The fourth-order valence-corrected chi connectivity index (χ4v) is 1.25. The molecule has 0 aliphatic carbocycles. The smallest absolute Gasteiger partial charge is 0.0590 e. The van der Waals surface area contributed by atoms with Crippen LogP contribution in [0.25, 0.3) is 0 Å². The van der Waals surface area contributed by atoms with Crippen molar-refractivity contribution in [2.45, 2.75) is 6.92 Å². The highest BCUT2D eigenvalue weighted by molar-refractivity contribution is 7.47. The summed E-state index contributed by atoms with van der Waals surface area (Å²) >= 11 is 0. The van der Waals surface area contributed by atoms with E-state index in [1.54, 1.807) is 12.1 Å². The van der Waals surface area contributed by atoms with E-state index in [4.69, 9.17) is 0 Å². The van der Waals surface area contributed by atoms with Crippen LogP contribution in [0.5, 0.6) is 0 Å². The highest BCUT2D eigenvalue weighted by Gasteiger charge is 2.17. The molecule has 1 unspecified atom stereocenters. The Labute approximate surface area is 59.8 Å². The van der Waals surface area contributed by atoms with E-state index in [0.717, 1.165) is 5.56 Å². The molecule has 0 radical (unpaired) electrons. The van der Waals surface area contributed by atoms with Gasteiger partial charge in [-0.2, -0.15) is 0 Å². The number of benzene rings is 1. The second-order valence-corrected chi connectivity index (χ2v) is 3.09. The van der Waals surface area contributed by atoms with Crippen molar-refractivity contribution in [2.75, 3.05) is 0 Å². The van der Waals surface area contributed by atoms with Gasteiger partial charge in [0.1, 0.15) is 0 Å². The quantitative estimate of drug-likeness (QED) is 0.572. The van der Waals surface area contributed by atoms with Gasteiger partial charge < -0.3 is 0 Å². The minimum absolute atomic E-state index is 0.273. The van der Waals surface area contributed by atoms with Crippen LogP contribution < -0.4 is 5.30 Å². The maximum absolute atomic E-state index is 12.1. The van der Waals surface area contributed by atoms with Gasteiger partial charge in [0.15, 0.2) is 0 Å². The summed E-state index contributed by atoms with van der Waals surface area (Å²) in [5.41, 5.74) is 0.929. The molecule has 0 N–H and O–H groups in total. The number of halogens is 1. The zero-order valence-corrected chi connectivity index (χ0v) is 6.44. The van der Waals surface area contributed by atoms with Gasteiger partial charge in [-0.15, -0.1) is 0 Å². The number of hydrogen-bond donors (Lipinski definition) is 0. The Morgan fingerprint density at radius 2 is 2.20 bits per heavy atom. The van der Waals surface area contributed by atoms with E-state index in [0.29, 0.717) is 0 Å². The lowest BCUT2D eigenvalue weighted by Crippen LogP contribution is -1.92. The number of hydrogen-bond acceptors (Lipinski definition) is 1. The van der Waals surface area contributed by atoms with E-state index in [1.165, 1.54) is 6.07 Å². The standard InChI is InChI=1S/C7H7FOP/c1-6-3-2-4-7(5-6)10(8)9/h2-5H,1H3/q+1. The van der Waals surface area contributed by atoms with Gasteiger partial charge >= 0.3 is 8.11 Å². The molecule has 0 aromatic heterocycles. The Hall–Kier alpha value is -0.750. The minimum atomic E-state index is -2.66. The molecule has 1 aromatic rings. The Morgan fingerprint density at radius 1 is 1.50 bits per heavy atom. The molecule has 0 aliphatic rings. The van der Waals surface area contributed by atoms with E-state index >= 15 is 0 Å². The molecule has 0 amide bonds. The van der Waals surface area contributed by atoms with Gasteiger partial charge in [0.25, 0.3) is 0 Å². The zero-order chi connectivity index (χ0) is 7.56. The van der Waals surface area contributed by atoms with Crippen molar-refractivity contribution < 1.29 is 8.76 Å². The number of rotatable bonds is 1. The van der Waals surface area contributed by atoms with Crippen molar-refractivity contribution in [2.24, 2.45) is 0 Å². The second kappa shape index (κ2) is 2.89. The Morgan fingerprint density at radius 3 is 2.60 bits per heavy atom. The Balaban J connectivity index is 3.07. The highest BCUT2D eigenvalue weighted by Crippen LogP contribution is 2.20. The third kappa shape index (κ3) is 1.61. The second-order valence-electron chi connectivity index (χ2n) is 2.08. The molecule has 0 bridgehead atoms. The molecule has 0 saturated heterocycles. The summed E-state index contributed by atoms with van der Waals surface area (Å²) in [6.07, 6.45) is 0. The van der Waals surface area contributed by atoms with E-state index < -0.39 is 8.11 Å². The van der Waals surface area contributed by atoms with Crippen molar-refractivity contribution in [3.63, 3.8) is 0 Å². The van der Waals surface area contributed by atoms with Crippen LogP contribution in [0.4, 0.5) is 4.20 Å². The fraction of sp³-hybridized carbons (Fsp3) is 0.143. The largest absolute Gasteiger partial charge is 0.597 e. The lowest BCUT2D eigenvalue weighted by atomic mass is 10.2. The maximum Gasteiger partial charge on any atom is 0.597 e. The first-order chi connectivity index (χ1) is 4.70. The third-order valence-electron chi connectivity index (χ3n) is 1.20. The summed E-state index contributed by atoms with van der Waals surface area (Å²) in [5, 5.41) is 0.273. The minimum Gasteiger partial charge on any atom is -0.0590 e. The van der Waals surface area contributed by atoms with Gasteiger partial charge in [-0.1, -0.05) is 12.1 Å². The monoisotopic (exact) mass is 157 g/mol. The summed E-state index contributed by atoms with van der Waals surface area (Å²) in [7, 11) is -2.66. The molecule has 0 fully saturated rings. The van der Waals surface area contributed by atoms with Gasteiger partial charge in [-0.3, -0.25) is 0 Å². The number of aryl methyl sites for hydroxylation is 1. The van der Waals surface area contributed by atoms with Gasteiger partial charge in [0.2, 0.25) is 5.30 Å². The van der Waals surface area contributed by atoms with E-state index in [-0.39, 0.29) is 5.30 Å². The molecule has 1 atom stereocenters. The van der Waals surface area contributed by atoms with Crippen LogP contribution in [-0.4, -0.2) is 0 Å². The van der Waals surface area contributed by atoms with Crippen molar-refractivity contribution in [3.8, 4) is 0 Å². The van der Waals surface area contributed by atoms with Crippen LogP contribution in [0.1, 0.15) is 5.56 Å². The van der Waals surface area contributed by atoms with Gasteiger partial charge in [0.05, 0.1) is 4.20 Å².